The van der Waals surface area contributed by atoms with Gasteiger partial charge in [0.25, 0.3) is 5.91 Å². The zero-order valence-corrected chi connectivity index (χ0v) is 28.8. The van der Waals surface area contributed by atoms with E-state index in [0.29, 0.717) is 80.4 Å². The molecule has 1 spiro atoms. The van der Waals surface area contributed by atoms with Crippen molar-refractivity contribution in [2.45, 2.75) is 45.4 Å². The predicted molar refractivity (Wildman–Crippen MR) is 181 cm³/mol. The number of benzene rings is 1. The fraction of sp³-hybridized carbons (Fsp3) is 0.500. The molecule has 0 aliphatic carbocycles. The van der Waals surface area contributed by atoms with Gasteiger partial charge < -0.3 is 19.3 Å². The summed E-state index contributed by atoms with van der Waals surface area (Å²) in [4.78, 5) is 22.0. The topological polar surface area (TPSA) is 120 Å². The first-order valence-electron chi connectivity index (χ1n) is 15.9. The van der Waals surface area contributed by atoms with Crippen molar-refractivity contribution in [3.63, 3.8) is 0 Å². The van der Waals surface area contributed by atoms with Gasteiger partial charge in [-0.25, -0.2) is 13.9 Å². The molecule has 0 N–H and O–H groups in total. The number of hydrogen-bond donors (Lipinski definition) is 0. The maximum atomic E-state index is 14.1. The van der Waals surface area contributed by atoms with Crippen molar-refractivity contribution in [1.82, 2.24) is 29.4 Å². The number of ether oxygens (including phenoxy) is 2. The van der Waals surface area contributed by atoms with Gasteiger partial charge in [-0.1, -0.05) is 37.8 Å². The predicted octanol–water partition coefficient (Wildman–Crippen LogP) is 4.41. The summed E-state index contributed by atoms with van der Waals surface area (Å²) in [7, 11) is -3.68. The van der Waals surface area contributed by atoms with Crippen LogP contribution in [-0.4, -0.2) is 105 Å². The van der Waals surface area contributed by atoms with E-state index in [2.05, 4.69) is 36.6 Å². The van der Waals surface area contributed by atoms with Crippen LogP contribution in [0.1, 0.15) is 17.3 Å². The number of rotatable bonds is 9. The minimum absolute atomic E-state index is 0.0228. The fourth-order valence-corrected chi connectivity index (χ4v) is 10.1. The maximum Gasteiger partial charge on any atom is 0.253 e. The van der Waals surface area contributed by atoms with Crippen molar-refractivity contribution in [3.05, 3.63) is 60.4 Å². The third-order valence-corrected chi connectivity index (χ3v) is 13.3. The normalized spacial score (nSPS) is 20.5. The molecule has 4 aromatic rings. The SMILES string of the molecule is C[C@@H]1COCCN1c1cc(N=S2(=O)CC3(CN(C(=O)c4ccccc4)C3)C2)c2cnn(-c3ccn(COCC[Si](C)(C)C)n3)c2n1. The summed E-state index contributed by atoms with van der Waals surface area (Å²) in [6.07, 6.45) is 3.61. The van der Waals surface area contributed by atoms with Crippen LogP contribution in [0.15, 0.2) is 59.2 Å². The molecule has 6 heterocycles. The Labute approximate surface area is 270 Å². The number of fused-ring (bicyclic) bond motifs is 1. The lowest BCUT2D eigenvalue weighted by Gasteiger charge is -2.56. The van der Waals surface area contributed by atoms with E-state index in [0.717, 1.165) is 17.2 Å². The molecule has 1 atom stereocenters. The van der Waals surface area contributed by atoms with Crippen LogP contribution in [0.25, 0.3) is 16.9 Å². The van der Waals surface area contributed by atoms with E-state index in [-0.39, 0.29) is 17.4 Å². The van der Waals surface area contributed by atoms with E-state index >= 15 is 0 Å². The van der Waals surface area contributed by atoms with Gasteiger partial charge in [0.1, 0.15) is 12.5 Å². The van der Waals surface area contributed by atoms with Crippen LogP contribution in [-0.2, 0) is 25.9 Å². The molecule has 0 bridgehead atoms. The molecule has 7 rings (SSSR count). The summed E-state index contributed by atoms with van der Waals surface area (Å²) >= 11 is 0. The van der Waals surface area contributed by atoms with Crippen molar-refractivity contribution < 1.29 is 18.5 Å². The lowest BCUT2D eigenvalue weighted by Crippen LogP contribution is -2.69. The molecule has 12 nitrogen and oxygen atoms in total. The van der Waals surface area contributed by atoms with Crippen molar-refractivity contribution in [2.75, 3.05) is 55.9 Å². The minimum Gasteiger partial charge on any atom is -0.377 e. The summed E-state index contributed by atoms with van der Waals surface area (Å²) in [6, 6.07) is 14.4. The first-order chi connectivity index (χ1) is 22.0. The lowest BCUT2D eigenvalue weighted by molar-refractivity contribution is 0.0212. The molecular formula is C32H42N8O4SSi. The molecule has 0 saturated carbocycles. The highest BCUT2D eigenvalue weighted by Gasteiger charge is 2.56. The summed E-state index contributed by atoms with van der Waals surface area (Å²) in [5.41, 5.74) is 1.78. The van der Waals surface area contributed by atoms with Gasteiger partial charge in [0, 0.05) is 75.1 Å². The van der Waals surface area contributed by atoms with E-state index < -0.39 is 17.8 Å². The van der Waals surface area contributed by atoms with E-state index in [1.807, 2.05) is 53.6 Å². The largest absolute Gasteiger partial charge is 0.377 e. The molecule has 46 heavy (non-hydrogen) atoms. The Kier molecular flexibility index (Phi) is 8.02. The van der Waals surface area contributed by atoms with Crippen LogP contribution >= 0.6 is 0 Å². The third-order valence-electron chi connectivity index (χ3n) is 8.92. The van der Waals surface area contributed by atoms with Crippen LogP contribution in [0.2, 0.25) is 25.7 Å². The molecule has 3 fully saturated rings. The Morgan fingerprint density at radius 2 is 1.93 bits per heavy atom. The van der Waals surface area contributed by atoms with Gasteiger partial charge in [-0.15, -0.1) is 0 Å². The Bertz CT molecular complexity index is 1860. The van der Waals surface area contributed by atoms with Crippen LogP contribution in [0.3, 0.4) is 0 Å². The Morgan fingerprint density at radius 3 is 2.67 bits per heavy atom. The number of carbonyl (C=O) groups is 1. The van der Waals surface area contributed by atoms with Gasteiger partial charge in [0.15, 0.2) is 11.5 Å². The Hall–Kier alpha value is -3.59. The van der Waals surface area contributed by atoms with Gasteiger partial charge >= 0.3 is 0 Å². The highest BCUT2D eigenvalue weighted by molar-refractivity contribution is 7.95. The Balaban J connectivity index is 1.14. The quantitative estimate of drug-likeness (QED) is 0.191. The van der Waals surface area contributed by atoms with Gasteiger partial charge in [-0.2, -0.15) is 19.2 Å². The Morgan fingerprint density at radius 1 is 1.15 bits per heavy atom. The molecule has 3 aromatic heterocycles. The van der Waals surface area contributed by atoms with E-state index in [4.69, 9.17) is 23.9 Å². The molecule has 3 aliphatic heterocycles. The average Bonchev–Trinajstić information content (AvgIpc) is 3.64. The number of carbonyl (C=O) groups excluding carboxylic acids is 1. The summed E-state index contributed by atoms with van der Waals surface area (Å²) < 4.78 is 34.0. The number of nitrogens with zero attached hydrogens (tertiary/aromatic N) is 8. The molecular weight excluding hydrogens is 621 g/mol. The van der Waals surface area contributed by atoms with Gasteiger partial charge in [-0.3, -0.25) is 4.79 Å². The van der Waals surface area contributed by atoms with Crippen molar-refractivity contribution >= 4 is 46.2 Å². The van der Waals surface area contributed by atoms with Gasteiger partial charge in [0.2, 0.25) is 0 Å². The third kappa shape index (κ3) is 6.22. The lowest BCUT2D eigenvalue weighted by atomic mass is 9.82. The van der Waals surface area contributed by atoms with Gasteiger partial charge in [-0.05, 0) is 25.1 Å². The standard InChI is InChI=1S/C32H42N8O4SSi/c1-24-18-43-13-12-39(24)29-16-27(36-45(42)21-32(22-45)19-37(20-32)31(41)25-8-6-5-7-9-25)26-17-33-40(30(26)34-29)28-10-11-38(35-28)23-44-14-15-46(2,3)4/h5-11,16-17,24H,12-15,18-23H2,1-4H3/t24-/m1/s1. The second-order valence-electron chi connectivity index (χ2n) is 14.2. The number of anilines is 1. The molecule has 244 valence electrons. The summed E-state index contributed by atoms with van der Waals surface area (Å²) in [5.74, 6) is 2.34. The molecule has 14 heteroatoms. The van der Waals surface area contributed by atoms with E-state index in [1.165, 1.54) is 0 Å². The maximum absolute atomic E-state index is 14.1. The smallest absolute Gasteiger partial charge is 0.253 e. The first-order valence-corrected chi connectivity index (χ1v) is 21.5. The highest BCUT2D eigenvalue weighted by Crippen LogP contribution is 2.45. The van der Waals surface area contributed by atoms with Crippen LogP contribution in [0, 0.1) is 5.41 Å². The first kappa shape index (κ1) is 31.0. The van der Waals surface area contributed by atoms with Crippen molar-refractivity contribution in [2.24, 2.45) is 9.78 Å². The minimum atomic E-state index is -2.51. The number of hydrogen-bond acceptors (Lipinski definition) is 9. The number of amides is 1. The summed E-state index contributed by atoms with van der Waals surface area (Å²) in [5, 5.41) is 10.1. The van der Waals surface area contributed by atoms with Crippen LogP contribution in [0.4, 0.5) is 11.5 Å². The monoisotopic (exact) mass is 662 g/mol. The zero-order chi connectivity index (χ0) is 32.1. The van der Waals surface area contributed by atoms with E-state index in [9.17, 15) is 9.00 Å². The number of morpholine rings is 1. The highest BCUT2D eigenvalue weighted by atomic mass is 32.2. The summed E-state index contributed by atoms with van der Waals surface area (Å²) in [6.45, 7) is 13.3. The van der Waals surface area contributed by atoms with Crippen molar-refractivity contribution in [1.29, 1.82) is 0 Å². The second-order valence-corrected chi connectivity index (χ2v) is 22.1. The van der Waals surface area contributed by atoms with Crippen molar-refractivity contribution in [3.8, 4) is 5.82 Å². The molecule has 1 amide bonds. The average molecular weight is 663 g/mol. The second kappa shape index (κ2) is 11.9. The number of likely N-dealkylation sites (tertiary alicyclic amines) is 1. The zero-order valence-electron chi connectivity index (χ0n) is 27.0. The van der Waals surface area contributed by atoms with Crippen LogP contribution < -0.4 is 4.90 Å². The van der Waals surface area contributed by atoms with E-state index in [1.54, 1.807) is 15.6 Å². The molecule has 0 radical (unpaired) electrons. The molecule has 0 unspecified atom stereocenters. The molecule has 3 aliphatic rings. The number of aromatic nitrogens is 5. The number of pyridine rings is 1. The fourth-order valence-electron chi connectivity index (χ4n) is 6.51. The van der Waals surface area contributed by atoms with Gasteiger partial charge in [0.05, 0.1) is 46.3 Å². The molecule has 1 aromatic carbocycles. The molecule has 3 saturated heterocycles. The van der Waals surface area contributed by atoms with Crippen LogP contribution in [0.5, 0.6) is 0 Å².